The average Bonchev–Trinajstić information content (AvgIpc) is 2.75. The number of rotatable bonds is 1. The predicted molar refractivity (Wildman–Crippen MR) is 65.4 cm³/mol. The standard InChI is InChI=1S/C12H9NO2S/c1-6-9-7-4-2-3-5-8(7)13-11(9)16-10(6)12(14)15/h2-5,13H,1H3,(H,14,15). The molecule has 0 aliphatic rings. The van der Waals surface area contributed by atoms with Crippen LogP contribution in [0.2, 0.25) is 0 Å². The Bertz CT molecular complexity index is 708. The minimum absolute atomic E-state index is 0.423. The molecular formula is C12H9NO2S. The number of H-pyrrole nitrogens is 1. The minimum Gasteiger partial charge on any atom is -0.477 e. The van der Waals surface area contributed by atoms with Crippen LogP contribution < -0.4 is 0 Å². The van der Waals surface area contributed by atoms with Crippen LogP contribution in [0.25, 0.3) is 21.1 Å². The average molecular weight is 231 g/mol. The number of carboxylic acids is 1. The lowest BCUT2D eigenvalue weighted by atomic mass is 10.1. The van der Waals surface area contributed by atoms with E-state index in [1.165, 1.54) is 11.3 Å². The Kier molecular flexibility index (Phi) is 1.82. The van der Waals surface area contributed by atoms with Gasteiger partial charge < -0.3 is 10.1 Å². The van der Waals surface area contributed by atoms with Crippen molar-refractivity contribution in [3.05, 3.63) is 34.7 Å². The number of para-hydroxylation sites is 1. The number of aromatic carboxylic acids is 1. The summed E-state index contributed by atoms with van der Waals surface area (Å²) in [5.41, 5.74) is 1.91. The number of aromatic nitrogens is 1. The van der Waals surface area contributed by atoms with Crippen molar-refractivity contribution in [1.29, 1.82) is 0 Å². The zero-order valence-electron chi connectivity index (χ0n) is 8.57. The lowest BCUT2D eigenvalue weighted by Gasteiger charge is -1.92. The quantitative estimate of drug-likeness (QED) is 0.674. The molecule has 0 aliphatic carbocycles. The molecule has 2 N–H and O–H groups in total. The summed E-state index contributed by atoms with van der Waals surface area (Å²) >= 11 is 1.30. The molecule has 0 amide bonds. The molecule has 3 aromatic rings. The molecule has 2 aromatic heterocycles. The number of aryl methyl sites for hydroxylation is 1. The Labute approximate surface area is 95.3 Å². The zero-order valence-corrected chi connectivity index (χ0v) is 9.39. The number of nitrogens with one attached hydrogen (secondary N) is 1. The molecule has 0 spiro atoms. The Morgan fingerprint density at radius 2 is 2.12 bits per heavy atom. The van der Waals surface area contributed by atoms with Crippen LogP contribution in [-0.2, 0) is 0 Å². The molecule has 1 aromatic carbocycles. The third-order valence-electron chi connectivity index (χ3n) is 2.79. The van der Waals surface area contributed by atoms with Crippen molar-refractivity contribution in [3.63, 3.8) is 0 Å². The third-order valence-corrected chi connectivity index (χ3v) is 3.98. The fourth-order valence-electron chi connectivity index (χ4n) is 2.06. The second-order valence-corrected chi connectivity index (χ2v) is 4.76. The molecule has 4 heteroatoms. The molecule has 16 heavy (non-hydrogen) atoms. The number of carbonyl (C=O) groups is 1. The van der Waals surface area contributed by atoms with Gasteiger partial charge in [-0.05, 0) is 18.6 Å². The first-order valence-corrected chi connectivity index (χ1v) is 5.73. The second kappa shape index (κ2) is 3.09. The van der Waals surface area contributed by atoms with Crippen LogP contribution in [0.3, 0.4) is 0 Å². The van der Waals surface area contributed by atoms with Gasteiger partial charge in [-0.1, -0.05) is 18.2 Å². The molecule has 0 radical (unpaired) electrons. The SMILES string of the molecule is Cc1c(C(=O)O)sc2[nH]c3ccccc3c12. The lowest BCUT2D eigenvalue weighted by Crippen LogP contribution is -1.93. The molecule has 0 fully saturated rings. The van der Waals surface area contributed by atoms with Crippen molar-refractivity contribution in [3.8, 4) is 0 Å². The lowest BCUT2D eigenvalue weighted by molar-refractivity contribution is 0.0701. The van der Waals surface area contributed by atoms with Gasteiger partial charge >= 0.3 is 5.97 Å². The Morgan fingerprint density at radius 3 is 2.88 bits per heavy atom. The zero-order chi connectivity index (χ0) is 11.3. The second-order valence-electron chi connectivity index (χ2n) is 3.74. The van der Waals surface area contributed by atoms with Gasteiger partial charge in [-0.2, -0.15) is 0 Å². The summed E-state index contributed by atoms with van der Waals surface area (Å²) in [5, 5.41) is 11.2. The topological polar surface area (TPSA) is 53.1 Å². The molecule has 0 saturated carbocycles. The summed E-state index contributed by atoms with van der Waals surface area (Å²) in [6.45, 7) is 1.86. The molecular weight excluding hydrogens is 222 g/mol. The van der Waals surface area contributed by atoms with Gasteiger partial charge in [0.15, 0.2) is 0 Å². The van der Waals surface area contributed by atoms with Crippen LogP contribution in [0, 0.1) is 6.92 Å². The highest BCUT2D eigenvalue weighted by Crippen LogP contribution is 2.35. The van der Waals surface area contributed by atoms with Gasteiger partial charge in [-0.3, -0.25) is 0 Å². The van der Waals surface area contributed by atoms with Crippen LogP contribution in [0.5, 0.6) is 0 Å². The first kappa shape index (κ1) is 9.42. The van der Waals surface area contributed by atoms with E-state index in [9.17, 15) is 4.79 Å². The van der Waals surface area contributed by atoms with Crippen LogP contribution in [0.15, 0.2) is 24.3 Å². The highest BCUT2D eigenvalue weighted by atomic mass is 32.1. The number of carboxylic acid groups (broad SMARTS) is 1. The van der Waals surface area contributed by atoms with Gasteiger partial charge in [-0.15, -0.1) is 11.3 Å². The van der Waals surface area contributed by atoms with Crippen molar-refractivity contribution >= 4 is 38.4 Å². The van der Waals surface area contributed by atoms with Crippen LogP contribution in [0.1, 0.15) is 15.2 Å². The summed E-state index contributed by atoms with van der Waals surface area (Å²) in [6.07, 6.45) is 0. The van der Waals surface area contributed by atoms with Gasteiger partial charge in [0.25, 0.3) is 0 Å². The van der Waals surface area contributed by atoms with Crippen molar-refractivity contribution in [2.75, 3.05) is 0 Å². The number of aromatic amines is 1. The number of benzene rings is 1. The van der Waals surface area contributed by atoms with Gasteiger partial charge in [0, 0.05) is 16.3 Å². The summed E-state index contributed by atoms with van der Waals surface area (Å²) in [7, 11) is 0. The van der Waals surface area contributed by atoms with Crippen molar-refractivity contribution in [2.45, 2.75) is 6.92 Å². The molecule has 0 saturated heterocycles. The Hall–Kier alpha value is -1.81. The van der Waals surface area contributed by atoms with Gasteiger partial charge in [0.1, 0.15) is 9.71 Å². The summed E-state index contributed by atoms with van der Waals surface area (Å²) in [4.78, 5) is 15.6. The van der Waals surface area contributed by atoms with Crippen molar-refractivity contribution in [2.24, 2.45) is 0 Å². The van der Waals surface area contributed by atoms with E-state index in [1.54, 1.807) is 0 Å². The number of thiophene rings is 1. The summed E-state index contributed by atoms with van der Waals surface area (Å²) < 4.78 is 0. The Balaban J connectivity index is 2.50. The fraction of sp³-hybridized carbons (Fsp3) is 0.0833. The first-order valence-electron chi connectivity index (χ1n) is 4.91. The van der Waals surface area contributed by atoms with Crippen LogP contribution in [-0.4, -0.2) is 16.1 Å². The maximum absolute atomic E-state index is 11.0. The third kappa shape index (κ3) is 1.10. The molecule has 0 aliphatic heterocycles. The largest absolute Gasteiger partial charge is 0.477 e. The molecule has 2 heterocycles. The summed E-state index contributed by atoms with van der Waals surface area (Å²) in [5.74, 6) is -0.851. The molecule has 3 nitrogen and oxygen atoms in total. The highest BCUT2D eigenvalue weighted by Gasteiger charge is 2.17. The minimum atomic E-state index is -0.851. The van der Waals surface area contributed by atoms with E-state index < -0.39 is 5.97 Å². The van der Waals surface area contributed by atoms with E-state index in [0.717, 1.165) is 26.7 Å². The van der Waals surface area contributed by atoms with E-state index in [1.807, 2.05) is 31.2 Å². The van der Waals surface area contributed by atoms with Gasteiger partial charge in [-0.25, -0.2) is 4.79 Å². The smallest absolute Gasteiger partial charge is 0.346 e. The van der Waals surface area contributed by atoms with E-state index in [2.05, 4.69) is 4.98 Å². The van der Waals surface area contributed by atoms with Crippen LogP contribution in [0.4, 0.5) is 0 Å². The number of hydrogen-bond acceptors (Lipinski definition) is 2. The van der Waals surface area contributed by atoms with E-state index in [0.29, 0.717) is 4.88 Å². The van der Waals surface area contributed by atoms with Crippen molar-refractivity contribution in [1.82, 2.24) is 4.98 Å². The molecule has 0 atom stereocenters. The van der Waals surface area contributed by atoms with E-state index >= 15 is 0 Å². The normalized spacial score (nSPS) is 11.3. The summed E-state index contributed by atoms with van der Waals surface area (Å²) in [6, 6.07) is 7.95. The fourth-order valence-corrected chi connectivity index (χ4v) is 3.13. The molecule has 80 valence electrons. The maximum Gasteiger partial charge on any atom is 0.346 e. The van der Waals surface area contributed by atoms with Crippen molar-refractivity contribution < 1.29 is 9.90 Å². The van der Waals surface area contributed by atoms with Gasteiger partial charge in [0.05, 0.1) is 0 Å². The first-order chi connectivity index (χ1) is 7.68. The monoisotopic (exact) mass is 231 g/mol. The molecule has 3 rings (SSSR count). The number of hydrogen-bond donors (Lipinski definition) is 2. The van der Waals surface area contributed by atoms with Crippen LogP contribution >= 0.6 is 11.3 Å². The van der Waals surface area contributed by atoms with Gasteiger partial charge in [0.2, 0.25) is 0 Å². The maximum atomic E-state index is 11.0. The molecule has 0 bridgehead atoms. The Morgan fingerprint density at radius 1 is 1.38 bits per heavy atom. The van der Waals surface area contributed by atoms with E-state index in [4.69, 9.17) is 5.11 Å². The molecule has 0 unspecified atom stereocenters. The van der Waals surface area contributed by atoms with E-state index in [-0.39, 0.29) is 0 Å². The highest BCUT2D eigenvalue weighted by molar-refractivity contribution is 7.20. The number of fused-ring (bicyclic) bond motifs is 3. The predicted octanol–water partition coefficient (Wildman–Crippen LogP) is 3.39.